The molecule has 1 aromatic carbocycles. The highest BCUT2D eigenvalue weighted by Crippen LogP contribution is 2.30. The Balaban J connectivity index is 2.72. The predicted molar refractivity (Wildman–Crippen MR) is 94.1 cm³/mol. The lowest BCUT2D eigenvalue weighted by Crippen LogP contribution is -2.34. The number of amides is 1. The van der Waals surface area contributed by atoms with Crippen LogP contribution in [0.1, 0.15) is 52.5 Å². The van der Waals surface area contributed by atoms with Crippen molar-refractivity contribution in [3.63, 3.8) is 0 Å². The number of ether oxygens (including phenoxy) is 1. The first-order valence-electron chi connectivity index (χ1n) is 7.93. The maximum atomic E-state index is 11.2. The first kappa shape index (κ1) is 19.7. The minimum atomic E-state index is -0.784. The summed E-state index contributed by atoms with van der Waals surface area (Å²) in [5.74, 6) is 0. The van der Waals surface area contributed by atoms with Gasteiger partial charge in [-0.3, -0.25) is 10.1 Å². The van der Waals surface area contributed by atoms with E-state index < -0.39 is 11.7 Å². The Labute approximate surface area is 142 Å². The average Bonchev–Trinajstić information content (AvgIpc) is 2.35. The molecule has 0 bridgehead atoms. The molecule has 0 radical (unpaired) electrons. The van der Waals surface area contributed by atoms with E-state index in [1.54, 1.807) is 12.1 Å². The monoisotopic (exact) mass is 337 g/mol. The third-order valence-electron chi connectivity index (χ3n) is 3.78. The van der Waals surface area contributed by atoms with Gasteiger partial charge in [0.2, 0.25) is 0 Å². The molecule has 0 aliphatic rings. The second-order valence-electron chi connectivity index (χ2n) is 7.32. The Morgan fingerprint density at radius 1 is 1.29 bits per heavy atom. The number of carbonyl (C=O) groups is 1. The van der Waals surface area contributed by atoms with Crippen LogP contribution in [0.3, 0.4) is 0 Å². The van der Waals surface area contributed by atoms with Crippen molar-refractivity contribution in [2.24, 2.45) is 5.73 Å². The number of carbonyl (C=O) groups excluding carboxylic acids is 1. The molecule has 0 heterocycles. The smallest absolute Gasteiger partial charge is 0.405 e. The lowest BCUT2D eigenvalue weighted by molar-refractivity contribution is -0.384. The number of benzene rings is 1. The summed E-state index contributed by atoms with van der Waals surface area (Å²) < 4.78 is 5.07. The van der Waals surface area contributed by atoms with Crippen LogP contribution in [0, 0.1) is 17.0 Å². The number of anilines is 1. The van der Waals surface area contributed by atoms with Gasteiger partial charge < -0.3 is 15.8 Å². The van der Waals surface area contributed by atoms with E-state index in [4.69, 9.17) is 10.5 Å². The molecule has 1 rings (SSSR count). The van der Waals surface area contributed by atoms with E-state index in [-0.39, 0.29) is 16.1 Å². The first-order valence-corrected chi connectivity index (χ1v) is 7.93. The summed E-state index contributed by atoms with van der Waals surface area (Å²) in [4.78, 5) is 21.7. The fourth-order valence-corrected chi connectivity index (χ4v) is 2.62. The Morgan fingerprint density at radius 2 is 1.92 bits per heavy atom. The number of nitro groups is 1. The van der Waals surface area contributed by atoms with Crippen molar-refractivity contribution < 1.29 is 14.5 Å². The summed E-state index contributed by atoms with van der Waals surface area (Å²) in [6.45, 7) is 9.49. The zero-order valence-electron chi connectivity index (χ0n) is 15.0. The van der Waals surface area contributed by atoms with Gasteiger partial charge in [-0.2, -0.15) is 0 Å². The molecule has 0 fully saturated rings. The summed E-state index contributed by atoms with van der Waals surface area (Å²) in [5, 5.41) is 14.4. The van der Waals surface area contributed by atoms with E-state index in [0.29, 0.717) is 12.1 Å². The van der Waals surface area contributed by atoms with Crippen LogP contribution in [-0.4, -0.2) is 22.2 Å². The van der Waals surface area contributed by atoms with E-state index in [9.17, 15) is 14.9 Å². The van der Waals surface area contributed by atoms with Crippen LogP contribution >= 0.6 is 0 Å². The number of nitrogens with one attached hydrogen (secondary N) is 1. The Hall–Kier alpha value is -2.31. The maximum absolute atomic E-state index is 11.2. The third kappa shape index (κ3) is 6.44. The average molecular weight is 337 g/mol. The molecule has 1 amide bonds. The zero-order valence-corrected chi connectivity index (χ0v) is 15.0. The van der Waals surface area contributed by atoms with E-state index in [1.807, 2.05) is 34.6 Å². The quantitative estimate of drug-likeness (QED) is 0.547. The highest BCUT2D eigenvalue weighted by Gasteiger charge is 2.26. The number of hydrogen-bond donors (Lipinski definition) is 2. The van der Waals surface area contributed by atoms with Gasteiger partial charge in [0.25, 0.3) is 5.69 Å². The van der Waals surface area contributed by atoms with Gasteiger partial charge in [0.15, 0.2) is 0 Å². The molecule has 0 saturated carbocycles. The summed E-state index contributed by atoms with van der Waals surface area (Å²) in [6, 6.07) is 5.01. The Bertz CT molecular complexity index is 612. The summed E-state index contributed by atoms with van der Waals surface area (Å²) in [7, 11) is 0. The van der Waals surface area contributed by atoms with Crippen LogP contribution in [0.15, 0.2) is 18.2 Å². The van der Waals surface area contributed by atoms with Crippen LogP contribution in [-0.2, 0) is 4.74 Å². The molecule has 0 aliphatic carbocycles. The van der Waals surface area contributed by atoms with Crippen molar-refractivity contribution in [3.8, 4) is 0 Å². The zero-order chi connectivity index (χ0) is 18.5. The summed E-state index contributed by atoms with van der Waals surface area (Å²) in [6.07, 6.45) is 1.40. The van der Waals surface area contributed by atoms with Crippen molar-refractivity contribution in [2.75, 3.05) is 5.32 Å². The number of rotatable bonds is 8. The summed E-state index contributed by atoms with van der Waals surface area (Å²) >= 11 is 0. The molecule has 7 nitrogen and oxygen atoms in total. The van der Waals surface area contributed by atoms with Gasteiger partial charge in [0.1, 0.15) is 11.3 Å². The number of nitrogens with zero attached hydrogens (tertiary/aromatic N) is 1. The van der Waals surface area contributed by atoms with E-state index >= 15 is 0 Å². The molecule has 0 spiro atoms. The molecule has 0 aliphatic heterocycles. The van der Waals surface area contributed by atoms with Gasteiger partial charge >= 0.3 is 6.09 Å². The third-order valence-corrected chi connectivity index (χ3v) is 3.78. The fraction of sp³-hybridized carbons (Fsp3) is 0.588. The second kappa shape index (κ2) is 7.51. The van der Waals surface area contributed by atoms with Gasteiger partial charge in [-0.1, -0.05) is 6.07 Å². The first-order chi connectivity index (χ1) is 10.9. The molecular weight excluding hydrogens is 310 g/mol. The Morgan fingerprint density at radius 3 is 2.46 bits per heavy atom. The molecule has 1 aromatic rings. The number of nitro benzene ring substituents is 1. The summed E-state index contributed by atoms with van der Waals surface area (Å²) in [5.41, 5.74) is 5.61. The molecule has 7 heteroatoms. The SMILES string of the molecule is Cc1ccc([N+](=O)[O-])c(NC(C)(C)CCCC(C)(C)OC(N)=O)c1. The number of nitrogens with two attached hydrogens (primary N) is 1. The van der Waals surface area contributed by atoms with Gasteiger partial charge in [0, 0.05) is 11.6 Å². The van der Waals surface area contributed by atoms with Crippen molar-refractivity contribution >= 4 is 17.5 Å². The molecule has 0 atom stereocenters. The lowest BCUT2D eigenvalue weighted by Gasteiger charge is -2.30. The molecule has 134 valence electrons. The minimum absolute atomic E-state index is 0.0612. The van der Waals surface area contributed by atoms with Crippen molar-refractivity contribution in [3.05, 3.63) is 33.9 Å². The van der Waals surface area contributed by atoms with Crippen molar-refractivity contribution in [1.29, 1.82) is 0 Å². The topological polar surface area (TPSA) is 107 Å². The standard InChI is InChI=1S/C17H27N3O4/c1-12-7-8-14(20(22)23)13(11-12)19-16(2,3)9-6-10-17(4,5)24-15(18)21/h7-8,11,19H,6,9-10H2,1-5H3,(H2,18,21). The fourth-order valence-electron chi connectivity index (χ4n) is 2.62. The molecular formula is C17H27N3O4. The molecule has 0 saturated heterocycles. The molecule has 0 unspecified atom stereocenters. The number of hydrogen-bond acceptors (Lipinski definition) is 5. The highest BCUT2D eigenvalue weighted by atomic mass is 16.6. The molecule has 3 N–H and O–H groups in total. The van der Waals surface area contributed by atoms with Gasteiger partial charge in [0.05, 0.1) is 4.92 Å². The number of aryl methyl sites for hydroxylation is 1. The highest BCUT2D eigenvalue weighted by molar-refractivity contribution is 5.65. The van der Waals surface area contributed by atoms with E-state index in [0.717, 1.165) is 18.4 Å². The molecule has 24 heavy (non-hydrogen) atoms. The van der Waals surface area contributed by atoms with E-state index in [2.05, 4.69) is 5.32 Å². The van der Waals surface area contributed by atoms with Crippen LogP contribution in [0.5, 0.6) is 0 Å². The number of primary amides is 1. The van der Waals surface area contributed by atoms with Crippen LogP contribution in [0.4, 0.5) is 16.2 Å². The second-order valence-corrected chi connectivity index (χ2v) is 7.32. The molecule has 0 aromatic heterocycles. The minimum Gasteiger partial charge on any atom is -0.444 e. The Kier molecular flexibility index (Phi) is 6.17. The van der Waals surface area contributed by atoms with Gasteiger partial charge in [-0.15, -0.1) is 0 Å². The lowest BCUT2D eigenvalue weighted by atomic mass is 9.92. The largest absolute Gasteiger partial charge is 0.444 e. The maximum Gasteiger partial charge on any atom is 0.405 e. The van der Waals surface area contributed by atoms with Gasteiger partial charge in [-0.05, 0) is 65.5 Å². The van der Waals surface area contributed by atoms with Crippen molar-refractivity contribution in [2.45, 2.75) is 65.0 Å². The van der Waals surface area contributed by atoms with Crippen LogP contribution in [0.2, 0.25) is 0 Å². The van der Waals surface area contributed by atoms with E-state index in [1.165, 1.54) is 6.07 Å². The van der Waals surface area contributed by atoms with Crippen LogP contribution < -0.4 is 11.1 Å². The van der Waals surface area contributed by atoms with Gasteiger partial charge in [-0.25, -0.2) is 4.79 Å². The normalized spacial score (nSPS) is 11.9. The predicted octanol–water partition coefficient (Wildman–Crippen LogP) is 4.14. The van der Waals surface area contributed by atoms with Crippen LogP contribution in [0.25, 0.3) is 0 Å². The van der Waals surface area contributed by atoms with Crippen molar-refractivity contribution in [1.82, 2.24) is 0 Å².